The third-order valence-electron chi connectivity index (χ3n) is 4.28. The van der Waals surface area contributed by atoms with Crippen LogP contribution in [0.4, 0.5) is 5.69 Å². The van der Waals surface area contributed by atoms with Crippen LogP contribution in [0.15, 0.2) is 47.6 Å². The molecular formula is C21H27N3O. The third-order valence-corrected chi connectivity index (χ3v) is 4.28. The van der Waals surface area contributed by atoms with E-state index in [-0.39, 0.29) is 5.91 Å². The Morgan fingerprint density at radius 3 is 2.40 bits per heavy atom. The van der Waals surface area contributed by atoms with Crippen LogP contribution in [0.1, 0.15) is 36.1 Å². The fourth-order valence-electron chi connectivity index (χ4n) is 2.74. The van der Waals surface area contributed by atoms with Crippen molar-refractivity contribution in [1.29, 1.82) is 0 Å². The number of anilines is 1. The van der Waals surface area contributed by atoms with Crippen LogP contribution in [-0.4, -0.2) is 25.2 Å². The van der Waals surface area contributed by atoms with Gasteiger partial charge in [0, 0.05) is 18.8 Å². The smallest absolute Gasteiger partial charge is 0.244 e. The minimum absolute atomic E-state index is 0.107. The molecule has 4 nitrogen and oxygen atoms in total. The summed E-state index contributed by atoms with van der Waals surface area (Å²) in [6.07, 6.45) is 2.01. The van der Waals surface area contributed by atoms with E-state index < -0.39 is 0 Å². The van der Waals surface area contributed by atoms with Gasteiger partial charge in [0.2, 0.25) is 5.91 Å². The number of nitrogens with one attached hydrogen (secondary N) is 1. The van der Waals surface area contributed by atoms with Crippen molar-refractivity contribution in [2.75, 3.05) is 18.0 Å². The molecule has 0 aromatic heterocycles. The van der Waals surface area contributed by atoms with Crippen molar-refractivity contribution in [2.45, 2.75) is 34.1 Å². The zero-order valence-electron chi connectivity index (χ0n) is 15.5. The van der Waals surface area contributed by atoms with Crippen LogP contribution >= 0.6 is 0 Å². The lowest BCUT2D eigenvalue weighted by Gasteiger charge is -2.20. The number of nitrogens with zero attached hydrogens (tertiary/aromatic N) is 2. The quantitative estimate of drug-likeness (QED) is 0.616. The SMILES string of the molecule is CCN(CC)c1ccc(/C=N/NC(=O)Cc2cc(C)ccc2C)cc1. The maximum Gasteiger partial charge on any atom is 0.244 e. The van der Waals surface area contributed by atoms with E-state index in [9.17, 15) is 4.79 Å². The highest BCUT2D eigenvalue weighted by Gasteiger charge is 2.05. The molecule has 0 atom stereocenters. The summed E-state index contributed by atoms with van der Waals surface area (Å²) in [6, 6.07) is 14.3. The van der Waals surface area contributed by atoms with Gasteiger partial charge in [0.15, 0.2) is 0 Å². The zero-order valence-corrected chi connectivity index (χ0v) is 15.5. The fraction of sp³-hybridized carbons (Fsp3) is 0.333. The van der Waals surface area contributed by atoms with E-state index >= 15 is 0 Å². The van der Waals surface area contributed by atoms with E-state index in [2.05, 4.69) is 47.5 Å². The molecule has 132 valence electrons. The van der Waals surface area contributed by atoms with Crippen molar-refractivity contribution < 1.29 is 4.79 Å². The molecule has 2 aromatic carbocycles. The largest absolute Gasteiger partial charge is 0.372 e. The van der Waals surface area contributed by atoms with Crippen LogP contribution in [0, 0.1) is 13.8 Å². The Bertz CT molecular complexity index is 731. The van der Waals surface area contributed by atoms with Crippen molar-refractivity contribution in [2.24, 2.45) is 5.10 Å². The molecule has 0 radical (unpaired) electrons. The highest BCUT2D eigenvalue weighted by molar-refractivity contribution is 5.83. The monoisotopic (exact) mass is 337 g/mol. The average molecular weight is 337 g/mol. The predicted octanol–water partition coefficient (Wildman–Crippen LogP) is 3.84. The van der Waals surface area contributed by atoms with E-state index in [0.29, 0.717) is 6.42 Å². The van der Waals surface area contributed by atoms with Gasteiger partial charge in [-0.2, -0.15) is 5.10 Å². The second-order valence-corrected chi connectivity index (χ2v) is 6.16. The van der Waals surface area contributed by atoms with Crippen LogP contribution in [0.25, 0.3) is 0 Å². The molecule has 0 aliphatic rings. The molecule has 0 fully saturated rings. The summed E-state index contributed by atoms with van der Waals surface area (Å²) >= 11 is 0. The molecule has 0 heterocycles. The Kier molecular flexibility index (Phi) is 6.75. The molecule has 2 rings (SSSR count). The number of benzene rings is 2. The van der Waals surface area contributed by atoms with Crippen molar-refractivity contribution in [3.63, 3.8) is 0 Å². The number of hydrogen-bond donors (Lipinski definition) is 1. The zero-order chi connectivity index (χ0) is 18.2. The molecule has 4 heteroatoms. The minimum Gasteiger partial charge on any atom is -0.372 e. The molecule has 25 heavy (non-hydrogen) atoms. The van der Waals surface area contributed by atoms with E-state index in [1.54, 1.807) is 6.21 Å². The molecule has 1 amide bonds. The van der Waals surface area contributed by atoms with Gasteiger partial charge in [-0.1, -0.05) is 35.9 Å². The number of aryl methyl sites for hydroxylation is 2. The maximum atomic E-state index is 12.1. The van der Waals surface area contributed by atoms with Gasteiger partial charge in [0.25, 0.3) is 0 Å². The van der Waals surface area contributed by atoms with Gasteiger partial charge in [0.05, 0.1) is 12.6 Å². The van der Waals surface area contributed by atoms with Crippen molar-refractivity contribution in [1.82, 2.24) is 5.43 Å². The lowest BCUT2D eigenvalue weighted by atomic mass is 10.0. The summed E-state index contributed by atoms with van der Waals surface area (Å²) in [5.74, 6) is -0.107. The van der Waals surface area contributed by atoms with E-state index in [4.69, 9.17) is 0 Å². The Labute approximate surface area is 150 Å². The lowest BCUT2D eigenvalue weighted by molar-refractivity contribution is -0.120. The number of carbonyl (C=O) groups excluding carboxylic acids is 1. The molecule has 0 bridgehead atoms. The van der Waals surface area contributed by atoms with Gasteiger partial charge in [-0.3, -0.25) is 4.79 Å². The number of amides is 1. The summed E-state index contributed by atoms with van der Waals surface area (Å²) in [6.45, 7) is 10.3. The average Bonchev–Trinajstić information content (AvgIpc) is 2.60. The molecule has 2 aromatic rings. The van der Waals surface area contributed by atoms with Gasteiger partial charge in [-0.25, -0.2) is 5.43 Å². The third kappa shape index (κ3) is 5.45. The van der Waals surface area contributed by atoms with Crippen LogP contribution in [0.2, 0.25) is 0 Å². The van der Waals surface area contributed by atoms with E-state index in [0.717, 1.165) is 35.3 Å². The number of hydrogen-bond acceptors (Lipinski definition) is 3. The summed E-state index contributed by atoms with van der Waals surface area (Å²) in [5, 5.41) is 4.07. The Balaban J connectivity index is 1.92. The van der Waals surface area contributed by atoms with E-state index in [1.807, 2.05) is 38.1 Å². The first-order chi connectivity index (χ1) is 12.0. The Hall–Kier alpha value is -2.62. The van der Waals surface area contributed by atoms with Gasteiger partial charge in [0.1, 0.15) is 0 Å². The first-order valence-corrected chi connectivity index (χ1v) is 8.76. The second-order valence-electron chi connectivity index (χ2n) is 6.16. The van der Waals surface area contributed by atoms with Crippen LogP contribution < -0.4 is 10.3 Å². The normalized spacial score (nSPS) is 10.9. The van der Waals surface area contributed by atoms with Gasteiger partial charge in [-0.05, 0) is 56.5 Å². The van der Waals surface area contributed by atoms with Crippen LogP contribution in [0.5, 0.6) is 0 Å². The van der Waals surface area contributed by atoms with Crippen molar-refractivity contribution >= 4 is 17.8 Å². The Morgan fingerprint density at radius 1 is 1.08 bits per heavy atom. The number of carbonyl (C=O) groups is 1. The van der Waals surface area contributed by atoms with E-state index in [1.165, 1.54) is 5.69 Å². The molecule has 0 saturated heterocycles. The first-order valence-electron chi connectivity index (χ1n) is 8.76. The van der Waals surface area contributed by atoms with Gasteiger partial charge < -0.3 is 4.90 Å². The topological polar surface area (TPSA) is 44.7 Å². The number of rotatable bonds is 7. The summed E-state index contributed by atoms with van der Waals surface area (Å²) in [4.78, 5) is 14.3. The van der Waals surface area contributed by atoms with Gasteiger partial charge >= 0.3 is 0 Å². The minimum atomic E-state index is -0.107. The summed E-state index contributed by atoms with van der Waals surface area (Å²) in [5.41, 5.74) is 8.08. The molecule has 0 aliphatic heterocycles. The summed E-state index contributed by atoms with van der Waals surface area (Å²) in [7, 11) is 0. The van der Waals surface area contributed by atoms with Crippen LogP contribution in [-0.2, 0) is 11.2 Å². The molecule has 0 saturated carbocycles. The maximum absolute atomic E-state index is 12.1. The van der Waals surface area contributed by atoms with Gasteiger partial charge in [-0.15, -0.1) is 0 Å². The highest BCUT2D eigenvalue weighted by atomic mass is 16.2. The molecular weight excluding hydrogens is 310 g/mol. The second kappa shape index (κ2) is 9.02. The van der Waals surface area contributed by atoms with Crippen molar-refractivity contribution in [3.8, 4) is 0 Å². The molecule has 0 aliphatic carbocycles. The summed E-state index contributed by atoms with van der Waals surface area (Å²) < 4.78 is 0. The number of hydrazone groups is 1. The predicted molar refractivity (Wildman–Crippen MR) is 105 cm³/mol. The fourth-order valence-corrected chi connectivity index (χ4v) is 2.74. The standard InChI is InChI=1S/C21H27N3O/c1-5-24(6-2)20-11-9-18(10-12-20)15-22-23-21(25)14-19-13-16(3)7-8-17(19)4/h7-13,15H,5-6,14H2,1-4H3,(H,23,25)/b22-15+. The first kappa shape index (κ1) is 18.7. The van der Waals surface area contributed by atoms with Crippen molar-refractivity contribution in [3.05, 3.63) is 64.7 Å². The molecule has 0 spiro atoms. The van der Waals surface area contributed by atoms with Crippen LogP contribution in [0.3, 0.4) is 0 Å². The molecule has 1 N–H and O–H groups in total. The Morgan fingerprint density at radius 2 is 1.76 bits per heavy atom. The molecule has 0 unspecified atom stereocenters. The highest BCUT2D eigenvalue weighted by Crippen LogP contribution is 2.14. The lowest BCUT2D eigenvalue weighted by Crippen LogP contribution is -2.21.